The molecule has 0 unspecified atom stereocenters. The second-order valence-electron chi connectivity index (χ2n) is 8.00. The number of nitrogens with one attached hydrogen (secondary N) is 2. The molecule has 0 aliphatic carbocycles. The smallest absolute Gasteiger partial charge is 0.241 e. The summed E-state index contributed by atoms with van der Waals surface area (Å²) < 4.78 is 0. The summed E-state index contributed by atoms with van der Waals surface area (Å²) in [5, 5.41) is 6.10. The fraction of sp³-hybridized carbons (Fsp3) is 0.417. The van der Waals surface area contributed by atoms with Gasteiger partial charge in [0.25, 0.3) is 0 Å². The van der Waals surface area contributed by atoms with E-state index in [9.17, 15) is 9.59 Å². The van der Waals surface area contributed by atoms with Crippen LogP contribution in [0.15, 0.2) is 48.5 Å². The Labute approximate surface area is 173 Å². The zero-order valence-electron chi connectivity index (χ0n) is 17.6. The average molecular weight is 394 g/mol. The third-order valence-electron chi connectivity index (χ3n) is 5.79. The van der Waals surface area contributed by atoms with Gasteiger partial charge >= 0.3 is 0 Å². The fourth-order valence-electron chi connectivity index (χ4n) is 3.75. The van der Waals surface area contributed by atoms with Crippen LogP contribution in [0.5, 0.6) is 0 Å². The molecule has 0 spiro atoms. The summed E-state index contributed by atoms with van der Waals surface area (Å²) in [6.07, 6.45) is 1.56. The van der Waals surface area contributed by atoms with Crippen LogP contribution in [0.2, 0.25) is 0 Å². The summed E-state index contributed by atoms with van der Waals surface area (Å²) in [4.78, 5) is 27.4. The Morgan fingerprint density at radius 2 is 1.76 bits per heavy atom. The lowest BCUT2D eigenvalue weighted by atomic mass is 9.94. The molecule has 3 rings (SSSR count). The van der Waals surface area contributed by atoms with Crippen LogP contribution < -0.4 is 10.6 Å². The second-order valence-corrected chi connectivity index (χ2v) is 8.00. The summed E-state index contributed by atoms with van der Waals surface area (Å²) in [5.74, 6) is 0.135. The van der Waals surface area contributed by atoms with E-state index in [-0.39, 0.29) is 23.8 Å². The zero-order chi connectivity index (χ0) is 20.8. The first-order valence-electron chi connectivity index (χ1n) is 10.4. The molecule has 0 saturated carbocycles. The van der Waals surface area contributed by atoms with Crippen molar-refractivity contribution in [1.29, 1.82) is 0 Å². The predicted octanol–water partition coefficient (Wildman–Crippen LogP) is 3.66. The Hall–Kier alpha value is -2.66. The van der Waals surface area contributed by atoms with Crippen molar-refractivity contribution in [3.63, 3.8) is 0 Å². The summed E-state index contributed by atoms with van der Waals surface area (Å²) in [7, 11) is 0. The highest BCUT2D eigenvalue weighted by Gasteiger charge is 2.29. The topological polar surface area (TPSA) is 61.4 Å². The third-order valence-corrected chi connectivity index (χ3v) is 5.79. The maximum Gasteiger partial charge on any atom is 0.241 e. The molecule has 2 amide bonds. The number of hydrogen-bond acceptors (Lipinski definition) is 3. The first-order chi connectivity index (χ1) is 13.9. The van der Waals surface area contributed by atoms with Crippen LogP contribution in [0.1, 0.15) is 36.5 Å². The molecule has 154 valence electrons. The van der Waals surface area contributed by atoms with Gasteiger partial charge in [-0.1, -0.05) is 42.5 Å². The van der Waals surface area contributed by atoms with Crippen LogP contribution in [0.3, 0.4) is 0 Å². The van der Waals surface area contributed by atoms with Gasteiger partial charge in [-0.15, -0.1) is 0 Å². The highest BCUT2D eigenvalue weighted by Crippen LogP contribution is 2.21. The lowest BCUT2D eigenvalue weighted by molar-refractivity contribution is -0.127. The van der Waals surface area contributed by atoms with Crippen molar-refractivity contribution in [1.82, 2.24) is 10.2 Å². The van der Waals surface area contributed by atoms with Crippen LogP contribution >= 0.6 is 0 Å². The molecule has 1 aliphatic heterocycles. The van der Waals surface area contributed by atoms with Crippen molar-refractivity contribution >= 4 is 17.5 Å². The number of hydrogen-bond donors (Lipinski definition) is 2. The SMILES string of the molecule is Cc1ccc(C)c(NC(=O)[C@H](C)N2CCC(C(=O)NCc3ccccc3)CC2)c1. The Kier molecular flexibility index (Phi) is 7.04. The molecular weight excluding hydrogens is 362 g/mol. The van der Waals surface area contributed by atoms with Crippen LogP contribution in [0.4, 0.5) is 5.69 Å². The molecule has 1 heterocycles. The first kappa shape index (κ1) is 21.1. The quantitative estimate of drug-likeness (QED) is 0.787. The molecule has 2 N–H and O–H groups in total. The van der Waals surface area contributed by atoms with Gasteiger partial charge in [0.15, 0.2) is 0 Å². The number of nitrogens with zero attached hydrogens (tertiary/aromatic N) is 1. The van der Waals surface area contributed by atoms with Crippen LogP contribution in [-0.4, -0.2) is 35.8 Å². The normalized spacial score (nSPS) is 16.2. The third kappa shape index (κ3) is 5.67. The fourth-order valence-corrected chi connectivity index (χ4v) is 3.75. The van der Waals surface area contributed by atoms with Gasteiger partial charge in [-0.25, -0.2) is 0 Å². The lowest BCUT2D eigenvalue weighted by Crippen LogP contribution is -2.48. The highest BCUT2D eigenvalue weighted by atomic mass is 16.2. The van der Waals surface area contributed by atoms with Gasteiger partial charge in [0.2, 0.25) is 11.8 Å². The summed E-state index contributed by atoms with van der Waals surface area (Å²) >= 11 is 0. The molecule has 5 heteroatoms. The number of amides is 2. The Morgan fingerprint density at radius 1 is 1.07 bits per heavy atom. The van der Waals surface area contributed by atoms with Gasteiger partial charge in [-0.3, -0.25) is 14.5 Å². The van der Waals surface area contributed by atoms with Crippen molar-refractivity contribution < 1.29 is 9.59 Å². The molecule has 5 nitrogen and oxygen atoms in total. The van der Waals surface area contributed by atoms with Gasteiger partial charge in [0.05, 0.1) is 6.04 Å². The number of carbonyl (C=O) groups is 2. The molecule has 1 fully saturated rings. The van der Waals surface area contributed by atoms with Crippen molar-refractivity contribution in [2.75, 3.05) is 18.4 Å². The van der Waals surface area contributed by atoms with Gasteiger partial charge in [0.1, 0.15) is 0 Å². The van der Waals surface area contributed by atoms with Gasteiger partial charge in [-0.2, -0.15) is 0 Å². The van der Waals surface area contributed by atoms with E-state index < -0.39 is 0 Å². The Balaban J connectivity index is 1.47. The monoisotopic (exact) mass is 393 g/mol. The molecule has 29 heavy (non-hydrogen) atoms. The van der Waals surface area contributed by atoms with Gasteiger partial charge in [-0.05, 0) is 69.5 Å². The number of aryl methyl sites for hydroxylation is 2. The number of carbonyl (C=O) groups excluding carboxylic acids is 2. The van der Waals surface area contributed by atoms with Crippen LogP contribution in [-0.2, 0) is 16.1 Å². The zero-order valence-corrected chi connectivity index (χ0v) is 17.6. The molecular formula is C24H31N3O2. The average Bonchev–Trinajstić information content (AvgIpc) is 2.75. The largest absolute Gasteiger partial charge is 0.352 e. The number of benzene rings is 2. The van der Waals surface area contributed by atoms with E-state index in [0.717, 1.165) is 48.3 Å². The van der Waals surface area contributed by atoms with E-state index in [2.05, 4.69) is 15.5 Å². The summed E-state index contributed by atoms with van der Waals surface area (Å²) in [6, 6.07) is 15.8. The second kappa shape index (κ2) is 9.70. The maximum absolute atomic E-state index is 12.7. The maximum atomic E-state index is 12.7. The molecule has 2 aromatic carbocycles. The van der Waals surface area contributed by atoms with E-state index in [1.807, 2.05) is 69.3 Å². The Bertz CT molecular complexity index is 842. The molecule has 1 aliphatic rings. The number of piperidine rings is 1. The molecule has 1 saturated heterocycles. The van der Waals surface area contributed by atoms with Crippen molar-refractivity contribution in [3.05, 3.63) is 65.2 Å². The van der Waals surface area contributed by atoms with E-state index in [1.165, 1.54) is 0 Å². The van der Waals surface area contributed by atoms with Crippen molar-refractivity contribution in [2.45, 2.75) is 46.2 Å². The molecule has 0 aromatic heterocycles. The van der Waals surface area contributed by atoms with E-state index in [4.69, 9.17) is 0 Å². The molecule has 1 atom stereocenters. The highest BCUT2D eigenvalue weighted by molar-refractivity contribution is 5.95. The van der Waals surface area contributed by atoms with Gasteiger partial charge < -0.3 is 10.6 Å². The van der Waals surface area contributed by atoms with Crippen molar-refractivity contribution in [2.24, 2.45) is 5.92 Å². The predicted molar refractivity (Wildman–Crippen MR) is 117 cm³/mol. The minimum absolute atomic E-state index is 0.00526. The number of rotatable bonds is 6. The van der Waals surface area contributed by atoms with E-state index >= 15 is 0 Å². The summed E-state index contributed by atoms with van der Waals surface area (Å²) in [6.45, 7) is 8.03. The van der Waals surface area contributed by atoms with Crippen LogP contribution in [0.25, 0.3) is 0 Å². The number of anilines is 1. The van der Waals surface area contributed by atoms with Crippen molar-refractivity contribution in [3.8, 4) is 0 Å². The first-order valence-corrected chi connectivity index (χ1v) is 10.4. The minimum atomic E-state index is -0.219. The number of likely N-dealkylation sites (tertiary alicyclic amines) is 1. The lowest BCUT2D eigenvalue weighted by Gasteiger charge is -2.34. The Morgan fingerprint density at radius 3 is 2.45 bits per heavy atom. The minimum Gasteiger partial charge on any atom is -0.352 e. The molecule has 0 bridgehead atoms. The summed E-state index contributed by atoms with van der Waals surface area (Å²) in [5.41, 5.74) is 4.16. The molecule has 2 aromatic rings. The van der Waals surface area contributed by atoms with E-state index in [1.54, 1.807) is 0 Å². The standard InChI is InChI=1S/C24H31N3O2/c1-17-9-10-18(2)22(15-17)26-23(28)19(3)27-13-11-21(12-14-27)24(29)25-16-20-7-5-4-6-8-20/h4-10,15,19,21H,11-14,16H2,1-3H3,(H,25,29)(H,26,28)/t19-/m0/s1. The van der Waals surface area contributed by atoms with Gasteiger partial charge in [0, 0.05) is 18.2 Å². The molecule has 0 radical (unpaired) electrons. The van der Waals surface area contributed by atoms with E-state index in [0.29, 0.717) is 6.54 Å². The van der Waals surface area contributed by atoms with Crippen LogP contribution in [0, 0.1) is 19.8 Å².